The predicted octanol–water partition coefficient (Wildman–Crippen LogP) is 4.00. The van der Waals surface area contributed by atoms with Gasteiger partial charge < -0.3 is 0 Å². The van der Waals surface area contributed by atoms with Crippen molar-refractivity contribution in [1.29, 1.82) is 0 Å². The van der Waals surface area contributed by atoms with Crippen molar-refractivity contribution in [2.45, 2.75) is 7.43 Å². The highest BCUT2D eigenvalue weighted by atomic mass is 19.1. The van der Waals surface area contributed by atoms with Gasteiger partial charge in [0.15, 0.2) is 0 Å². The normalized spacial score (nSPS) is 8.82. The lowest BCUT2D eigenvalue weighted by Gasteiger charge is -1.91. The second-order valence-corrected chi connectivity index (χ2v) is 3.26. The van der Waals surface area contributed by atoms with Gasteiger partial charge in [0.1, 0.15) is 11.6 Å². The van der Waals surface area contributed by atoms with Gasteiger partial charge in [-0.3, -0.25) is 0 Å². The summed E-state index contributed by atoms with van der Waals surface area (Å²) in [4.78, 5) is 0. The fourth-order valence-electron chi connectivity index (χ4n) is 1.21. The number of rotatable bonds is 0. The Bertz CT molecular complexity index is 478. The maximum Gasteiger partial charge on any atom is 0.123 e. The van der Waals surface area contributed by atoms with Crippen LogP contribution in [0, 0.1) is 23.5 Å². The Balaban J connectivity index is 0.00000144. The second-order valence-electron chi connectivity index (χ2n) is 3.26. The zero-order chi connectivity index (χ0) is 11.4. The summed E-state index contributed by atoms with van der Waals surface area (Å²) in [5.41, 5.74) is 1.46. The van der Waals surface area contributed by atoms with E-state index in [1.54, 1.807) is 24.3 Å². The molecule has 0 amide bonds. The molecule has 86 valence electrons. The summed E-state index contributed by atoms with van der Waals surface area (Å²) < 4.78 is 25.2. The van der Waals surface area contributed by atoms with Gasteiger partial charge in [-0.15, -0.1) is 0 Å². The molecule has 2 heteroatoms. The highest BCUT2D eigenvalue weighted by molar-refractivity contribution is 5.42. The monoisotopic (exact) mass is 230 g/mol. The Hall–Kier alpha value is -2.14. The molecule has 0 heterocycles. The third-order valence-corrected chi connectivity index (χ3v) is 2.04. The first-order valence-corrected chi connectivity index (χ1v) is 4.77. The summed E-state index contributed by atoms with van der Waals surface area (Å²) >= 11 is 0. The lowest BCUT2D eigenvalue weighted by molar-refractivity contribution is 0.627. The average Bonchev–Trinajstić information content (AvgIpc) is 2.30. The van der Waals surface area contributed by atoms with E-state index in [1.807, 2.05) is 0 Å². The molecule has 0 saturated carbocycles. The molecule has 0 atom stereocenters. The van der Waals surface area contributed by atoms with Gasteiger partial charge >= 0.3 is 0 Å². The van der Waals surface area contributed by atoms with Crippen LogP contribution in [0.1, 0.15) is 18.6 Å². The van der Waals surface area contributed by atoms with Crippen LogP contribution in [0.2, 0.25) is 0 Å². The highest BCUT2D eigenvalue weighted by Crippen LogP contribution is 2.03. The SMILES string of the molecule is C.Fc1ccc(C#Cc2ccc(F)cc2)cc1. The summed E-state index contributed by atoms with van der Waals surface area (Å²) in [6.07, 6.45) is 0. The largest absolute Gasteiger partial charge is 0.207 e. The fourth-order valence-corrected chi connectivity index (χ4v) is 1.21. The van der Waals surface area contributed by atoms with Gasteiger partial charge in [0.25, 0.3) is 0 Å². The van der Waals surface area contributed by atoms with Gasteiger partial charge in [-0.05, 0) is 48.5 Å². The van der Waals surface area contributed by atoms with Crippen LogP contribution in [0.4, 0.5) is 8.78 Å². The van der Waals surface area contributed by atoms with Crippen molar-refractivity contribution >= 4 is 0 Å². The zero-order valence-corrected chi connectivity index (χ0v) is 8.37. The summed E-state index contributed by atoms with van der Waals surface area (Å²) in [7, 11) is 0. The van der Waals surface area contributed by atoms with E-state index in [4.69, 9.17) is 0 Å². The third kappa shape index (κ3) is 3.73. The molecule has 0 aliphatic carbocycles. The first kappa shape index (κ1) is 12.9. The van der Waals surface area contributed by atoms with E-state index in [1.165, 1.54) is 24.3 Å². The maximum absolute atomic E-state index is 12.6. The molecule has 0 radical (unpaired) electrons. The van der Waals surface area contributed by atoms with Gasteiger partial charge in [0, 0.05) is 11.1 Å². The molecule has 0 aliphatic heterocycles. The number of benzene rings is 2. The Labute approximate surface area is 99.9 Å². The van der Waals surface area contributed by atoms with Crippen molar-refractivity contribution in [1.82, 2.24) is 0 Å². The topological polar surface area (TPSA) is 0 Å². The number of hydrogen-bond donors (Lipinski definition) is 0. The van der Waals surface area contributed by atoms with Crippen LogP contribution in [0.15, 0.2) is 48.5 Å². The molecule has 0 spiro atoms. The molecular formula is C15H12F2. The highest BCUT2D eigenvalue weighted by Gasteiger charge is 1.90. The quantitative estimate of drug-likeness (QED) is 0.600. The van der Waals surface area contributed by atoms with E-state index in [2.05, 4.69) is 11.8 Å². The standard InChI is InChI=1S/C14H8F2.CH4/c15-13-7-3-11(4-8-13)1-2-12-5-9-14(16)10-6-12;/h3-10H;1H4. The smallest absolute Gasteiger partial charge is 0.123 e. The summed E-state index contributed by atoms with van der Waals surface area (Å²) in [5, 5.41) is 0. The van der Waals surface area contributed by atoms with Crippen LogP contribution in [-0.2, 0) is 0 Å². The van der Waals surface area contributed by atoms with E-state index in [0.29, 0.717) is 0 Å². The van der Waals surface area contributed by atoms with Gasteiger partial charge in [0.2, 0.25) is 0 Å². The molecule has 0 N–H and O–H groups in total. The Morgan fingerprint density at radius 2 is 0.882 bits per heavy atom. The molecule has 17 heavy (non-hydrogen) atoms. The summed E-state index contributed by atoms with van der Waals surface area (Å²) in [6.45, 7) is 0. The minimum absolute atomic E-state index is 0. The lowest BCUT2D eigenvalue weighted by atomic mass is 10.2. The van der Waals surface area contributed by atoms with Gasteiger partial charge in [-0.1, -0.05) is 19.3 Å². The first-order chi connectivity index (χ1) is 7.74. The molecular weight excluding hydrogens is 218 g/mol. The Morgan fingerprint density at radius 1 is 0.588 bits per heavy atom. The van der Waals surface area contributed by atoms with E-state index >= 15 is 0 Å². The van der Waals surface area contributed by atoms with E-state index in [-0.39, 0.29) is 19.1 Å². The Kier molecular flexibility index (Phi) is 4.42. The zero-order valence-electron chi connectivity index (χ0n) is 8.37. The average molecular weight is 230 g/mol. The number of hydrogen-bond acceptors (Lipinski definition) is 0. The van der Waals surface area contributed by atoms with E-state index < -0.39 is 0 Å². The van der Waals surface area contributed by atoms with Crippen LogP contribution >= 0.6 is 0 Å². The van der Waals surface area contributed by atoms with Crippen molar-refractivity contribution in [3.05, 3.63) is 71.3 Å². The molecule has 2 rings (SSSR count). The molecule has 0 nitrogen and oxygen atoms in total. The second kappa shape index (κ2) is 5.81. The summed E-state index contributed by atoms with van der Waals surface area (Å²) in [6, 6.07) is 11.8. The van der Waals surface area contributed by atoms with Crippen LogP contribution in [-0.4, -0.2) is 0 Å². The fraction of sp³-hybridized carbons (Fsp3) is 0.0667. The van der Waals surface area contributed by atoms with Crippen molar-refractivity contribution in [2.75, 3.05) is 0 Å². The number of halogens is 2. The van der Waals surface area contributed by atoms with Crippen LogP contribution in [0.25, 0.3) is 0 Å². The van der Waals surface area contributed by atoms with Crippen LogP contribution in [0.5, 0.6) is 0 Å². The van der Waals surface area contributed by atoms with Crippen molar-refractivity contribution in [3.63, 3.8) is 0 Å². The summed E-state index contributed by atoms with van der Waals surface area (Å²) in [5.74, 6) is 5.17. The minimum Gasteiger partial charge on any atom is -0.207 e. The first-order valence-electron chi connectivity index (χ1n) is 4.77. The van der Waals surface area contributed by atoms with E-state index in [0.717, 1.165) is 11.1 Å². The molecule has 0 bridgehead atoms. The lowest BCUT2D eigenvalue weighted by Crippen LogP contribution is -1.78. The van der Waals surface area contributed by atoms with Crippen molar-refractivity contribution < 1.29 is 8.78 Å². The van der Waals surface area contributed by atoms with Crippen molar-refractivity contribution in [2.24, 2.45) is 0 Å². The molecule has 0 aliphatic rings. The van der Waals surface area contributed by atoms with Gasteiger partial charge in [0.05, 0.1) is 0 Å². The van der Waals surface area contributed by atoms with Crippen LogP contribution < -0.4 is 0 Å². The Morgan fingerprint density at radius 3 is 1.18 bits per heavy atom. The molecule has 2 aromatic rings. The minimum atomic E-state index is -0.285. The molecule has 0 fully saturated rings. The molecule has 0 aromatic heterocycles. The van der Waals surface area contributed by atoms with Crippen LogP contribution in [0.3, 0.4) is 0 Å². The van der Waals surface area contributed by atoms with E-state index in [9.17, 15) is 8.78 Å². The maximum atomic E-state index is 12.6. The third-order valence-electron chi connectivity index (χ3n) is 2.04. The van der Waals surface area contributed by atoms with Gasteiger partial charge in [-0.25, -0.2) is 8.78 Å². The molecule has 2 aromatic carbocycles. The predicted molar refractivity (Wildman–Crippen MR) is 65.5 cm³/mol. The molecule has 0 saturated heterocycles. The molecule has 0 unspecified atom stereocenters. The van der Waals surface area contributed by atoms with Gasteiger partial charge in [-0.2, -0.15) is 0 Å². The van der Waals surface area contributed by atoms with Crippen molar-refractivity contribution in [3.8, 4) is 11.8 Å².